The van der Waals surface area contributed by atoms with Crippen molar-refractivity contribution >= 4 is 11.5 Å². The Balaban J connectivity index is 1.65. The molecule has 27 heavy (non-hydrogen) atoms. The van der Waals surface area contributed by atoms with Gasteiger partial charge < -0.3 is 21.3 Å². The molecule has 3 rings (SSSR count). The molecule has 5 nitrogen and oxygen atoms in total. The van der Waals surface area contributed by atoms with E-state index in [-0.39, 0.29) is 0 Å². The molecule has 8 heteroatoms. The molecule has 0 saturated heterocycles. The maximum atomic E-state index is 13.8. The number of benzene rings is 1. The molecule has 0 radical (unpaired) electrons. The van der Waals surface area contributed by atoms with Gasteiger partial charge in [-0.1, -0.05) is 31.9 Å². The molecule has 1 aliphatic carbocycles. The van der Waals surface area contributed by atoms with Crippen molar-refractivity contribution in [3.8, 4) is 0 Å². The quantitative estimate of drug-likeness (QED) is 0.630. The van der Waals surface area contributed by atoms with E-state index in [2.05, 4.69) is 32.8 Å². The Morgan fingerprint density at radius 2 is 1.85 bits per heavy atom. The summed E-state index contributed by atoms with van der Waals surface area (Å²) in [4.78, 5) is 4.36. The maximum Gasteiger partial charge on any atom is 0.196 e. The first-order valence-corrected chi connectivity index (χ1v) is 9.11. The van der Waals surface area contributed by atoms with E-state index in [1.54, 1.807) is 6.08 Å². The van der Waals surface area contributed by atoms with Crippen molar-refractivity contribution in [2.45, 2.75) is 51.4 Å². The van der Waals surface area contributed by atoms with E-state index in [4.69, 9.17) is 0 Å². The van der Waals surface area contributed by atoms with E-state index >= 15 is 0 Å². The average Bonchev–Trinajstić information content (AvgIpc) is 3.00. The zero-order valence-corrected chi connectivity index (χ0v) is 15.2. The number of nitrogens with zero attached hydrogens (tertiary/aromatic N) is 1. The first-order valence-electron chi connectivity index (χ1n) is 9.11. The molecule has 0 amide bonds. The normalized spacial score (nSPS) is 21.6. The van der Waals surface area contributed by atoms with Crippen LogP contribution in [-0.2, 0) is 0 Å². The van der Waals surface area contributed by atoms with Crippen LogP contribution in [0.5, 0.6) is 0 Å². The van der Waals surface area contributed by atoms with Crippen molar-refractivity contribution in [2.75, 3.05) is 5.32 Å². The monoisotopic (exact) mass is 379 g/mol. The van der Waals surface area contributed by atoms with E-state index in [1.807, 2.05) is 6.92 Å². The fraction of sp³-hybridized carbons (Fsp3) is 0.421. The molecular weight excluding hydrogens is 355 g/mol. The topological polar surface area (TPSA) is 60.5 Å². The van der Waals surface area contributed by atoms with Crippen molar-refractivity contribution in [3.05, 3.63) is 53.8 Å². The summed E-state index contributed by atoms with van der Waals surface area (Å²) in [6.07, 6.45) is 6.88. The van der Waals surface area contributed by atoms with Gasteiger partial charge in [0.25, 0.3) is 0 Å². The standard InChI is InChI=1S/C19H24F3N5/c1-3-16-18(24-11(2)23-13-7-5-4-6-8-13)27-19(25-16)26-17-14(21)9-12(20)10-15(17)22/h3,9-10,13,19,23,25-26H,2,4-8H2,1H3,(H,24,27)/b16-3+. The van der Waals surface area contributed by atoms with Gasteiger partial charge in [-0.15, -0.1) is 0 Å². The Kier molecular flexibility index (Phi) is 5.93. The number of allylic oxidation sites excluding steroid dienone is 1. The maximum absolute atomic E-state index is 13.8. The lowest BCUT2D eigenvalue weighted by atomic mass is 9.96. The second-order valence-corrected chi connectivity index (χ2v) is 6.70. The molecule has 4 N–H and O–H groups in total. The van der Waals surface area contributed by atoms with Crippen molar-refractivity contribution in [1.29, 1.82) is 0 Å². The third kappa shape index (κ3) is 4.75. The average molecular weight is 379 g/mol. The minimum atomic E-state index is -1.02. The van der Waals surface area contributed by atoms with Gasteiger partial charge in [0.2, 0.25) is 0 Å². The summed E-state index contributed by atoms with van der Waals surface area (Å²) in [5, 5.41) is 12.1. The number of halogens is 3. The van der Waals surface area contributed by atoms with Gasteiger partial charge in [-0.3, -0.25) is 0 Å². The van der Waals surface area contributed by atoms with Crippen LogP contribution >= 0.6 is 0 Å². The molecule has 1 aromatic rings. The van der Waals surface area contributed by atoms with Crippen LogP contribution in [0.25, 0.3) is 0 Å². The summed E-state index contributed by atoms with van der Waals surface area (Å²) in [6.45, 7) is 5.81. The smallest absolute Gasteiger partial charge is 0.196 e. The van der Waals surface area contributed by atoms with Crippen LogP contribution in [0.15, 0.2) is 41.3 Å². The van der Waals surface area contributed by atoms with Crippen LogP contribution in [0.1, 0.15) is 39.0 Å². The van der Waals surface area contributed by atoms with Gasteiger partial charge in [-0.2, -0.15) is 0 Å². The Morgan fingerprint density at radius 3 is 2.48 bits per heavy atom. The number of hydrogen-bond acceptors (Lipinski definition) is 5. The molecule has 1 unspecified atom stereocenters. The Bertz CT molecular complexity index is 746. The van der Waals surface area contributed by atoms with E-state index in [1.165, 1.54) is 19.3 Å². The van der Waals surface area contributed by atoms with E-state index in [0.717, 1.165) is 12.8 Å². The minimum absolute atomic E-state index is 0.388. The van der Waals surface area contributed by atoms with Gasteiger partial charge in [0.1, 0.15) is 11.5 Å². The predicted molar refractivity (Wildman–Crippen MR) is 100 cm³/mol. The number of nitrogens with one attached hydrogen (secondary N) is 4. The predicted octanol–water partition coefficient (Wildman–Crippen LogP) is 3.69. The molecule has 1 aliphatic heterocycles. The molecule has 1 atom stereocenters. The lowest BCUT2D eigenvalue weighted by Gasteiger charge is -2.25. The number of aliphatic imine (C=N–C) groups is 1. The van der Waals surface area contributed by atoms with Crippen LogP contribution in [0.4, 0.5) is 18.9 Å². The van der Waals surface area contributed by atoms with Crippen molar-refractivity contribution in [2.24, 2.45) is 4.99 Å². The molecular formula is C19H24F3N5. The van der Waals surface area contributed by atoms with Crippen LogP contribution in [0, 0.1) is 17.5 Å². The van der Waals surface area contributed by atoms with Gasteiger partial charge in [-0.25, -0.2) is 18.2 Å². The van der Waals surface area contributed by atoms with E-state index in [0.29, 0.717) is 35.5 Å². The van der Waals surface area contributed by atoms with Crippen molar-refractivity contribution in [1.82, 2.24) is 16.0 Å². The van der Waals surface area contributed by atoms with Gasteiger partial charge in [-0.05, 0) is 19.8 Å². The van der Waals surface area contributed by atoms with E-state index < -0.39 is 29.4 Å². The Hall–Kier alpha value is -2.64. The number of anilines is 1. The SMILES string of the molecule is C=C(NC1=NC(Nc2c(F)cc(F)cc2F)N/C1=C/C)NC1CCCCC1. The third-order valence-corrected chi connectivity index (χ3v) is 4.63. The van der Waals surface area contributed by atoms with Gasteiger partial charge in [0, 0.05) is 18.2 Å². The Morgan fingerprint density at radius 1 is 1.19 bits per heavy atom. The molecule has 0 spiro atoms. The summed E-state index contributed by atoms with van der Waals surface area (Å²) >= 11 is 0. The van der Waals surface area contributed by atoms with Crippen molar-refractivity contribution in [3.63, 3.8) is 0 Å². The highest BCUT2D eigenvalue weighted by molar-refractivity contribution is 6.00. The third-order valence-electron chi connectivity index (χ3n) is 4.63. The molecule has 2 aliphatic rings. The van der Waals surface area contributed by atoms with Crippen LogP contribution < -0.4 is 21.3 Å². The fourth-order valence-electron chi connectivity index (χ4n) is 3.32. The van der Waals surface area contributed by atoms with Gasteiger partial charge in [0.05, 0.1) is 11.5 Å². The van der Waals surface area contributed by atoms with Crippen LogP contribution in [-0.4, -0.2) is 18.2 Å². The highest BCUT2D eigenvalue weighted by Crippen LogP contribution is 2.22. The molecule has 1 saturated carbocycles. The first-order chi connectivity index (χ1) is 13.0. The number of amidine groups is 1. The Labute approximate surface area is 156 Å². The number of hydrogen-bond donors (Lipinski definition) is 4. The molecule has 0 aromatic heterocycles. The largest absolute Gasteiger partial charge is 0.369 e. The molecule has 0 bridgehead atoms. The van der Waals surface area contributed by atoms with Crippen LogP contribution in [0.2, 0.25) is 0 Å². The summed E-state index contributed by atoms with van der Waals surface area (Å²) in [5.41, 5.74) is 0.232. The fourth-order valence-corrected chi connectivity index (χ4v) is 3.32. The summed E-state index contributed by atoms with van der Waals surface area (Å²) < 4.78 is 40.7. The van der Waals surface area contributed by atoms with E-state index in [9.17, 15) is 13.2 Å². The second kappa shape index (κ2) is 8.37. The van der Waals surface area contributed by atoms with Gasteiger partial charge in [0.15, 0.2) is 23.8 Å². The number of rotatable bonds is 5. The highest BCUT2D eigenvalue weighted by Gasteiger charge is 2.24. The zero-order valence-electron chi connectivity index (χ0n) is 15.2. The summed E-state index contributed by atoms with van der Waals surface area (Å²) in [6, 6.07) is 1.63. The molecule has 1 heterocycles. The second-order valence-electron chi connectivity index (χ2n) is 6.70. The molecule has 146 valence electrons. The summed E-state index contributed by atoms with van der Waals surface area (Å²) in [7, 11) is 0. The van der Waals surface area contributed by atoms with Gasteiger partial charge >= 0.3 is 0 Å². The first kappa shape index (κ1) is 19.1. The minimum Gasteiger partial charge on any atom is -0.369 e. The highest BCUT2D eigenvalue weighted by atomic mass is 19.1. The summed E-state index contributed by atoms with van der Waals surface area (Å²) in [5.74, 6) is -1.87. The lowest BCUT2D eigenvalue weighted by molar-refractivity contribution is 0.393. The molecule has 1 aromatic carbocycles. The zero-order chi connectivity index (χ0) is 19.4. The van der Waals surface area contributed by atoms with Crippen molar-refractivity contribution < 1.29 is 13.2 Å². The molecule has 1 fully saturated rings. The lowest BCUT2D eigenvalue weighted by Crippen LogP contribution is -2.38. The van der Waals surface area contributed by atoms with Crippen LogP contribution in [0.3, 0.4) is 0 Å².